The number of benzene rings is 1. The van der Waals surface area contributed by atoms with Gasteiger partial charge < -0.3 is 15.4 Å². The molecule has 1 aromatic carbocycles. The van der Waals surface area contributed by atoms with Gasteiger partial charge in [-0.15, -0.1) is 5.10 Å². The summed E-state index contributed by atoms with van der Waals surface area (Å²) >= 11 is 6.80. The quantitative estimate of drug-likeness (QED) is 0.622. The molecule has 0 spiro atoms. The molecule has 1 aliphatic rings. The number of nitrogens with one attached hydrogen (secondary N) is 3. The standard InChI is InChI=1S/C17H21ClN6O3S/c18-13-3-1-12(2-4-13)11-20-15(25)14-16(28-23-22-14)21-17(26)19-5-6-24-7-9-27-10-8-24/h1-4H,5-11H2,(H,20,25)(H2,19,21,26). The second-order valence-corrected chi connectivity index (χ2v) is 7.29. The lowest BCUT2D eigenvalue weighted by Crippen LogP contribution is -2.42. The second kappa shape index (κ2) is 10.3. The molecule has 1 fully saturated rings. The van der Waals surface area contributed by atoms with Gasteiger partial charge in [0.05, 0.1) is 13.2 Å². The van der Waals surface area contributed by atoms with E-state index >= 15 is 0 Å². The van der Waals surface area contributed by atoms with Crippen LogP contribution >= 0.6 is 23.1 Å². The minimum atomic E-state index is -0.410. The molecule has 3 N–H and O–H groups in total. The molecular formula is C17H21ClN6O3S. The van der Waals surface area contributed by atoms with Crippen molar-refractivity contribution in [2.75, 3.05) is 44.7 Å². The third kappa shape index (κ3) is 6.13. The van der Waals surface area contributed by atoms with Crippen molar-refractivity contribution in [3.8, 4) is 0 Å². The Kier molecular flexibility index (Phi) is 7.54. The van der Waals surface area contributed by atoms with Crippen molar-refractivity contribution < 1.29 is 14.3 Å². The number of urea groups is 1. The summed E-state index contributed by atoms with van der Waals surface area (Å²) in [6, 6.07) is 6.75. The van der Waals surface area contributed by atoms with E-state index in [1.165, 1.54) is 0 Å². The van der Waals surface area contributed by atoms with Gasteiger partial charge in [0.1, 0.15) is 0 Å². The van der Waals surface area contributed by atoms with Crippen molar-refractivity contribution in [1.82, 2.24) is 25.1 Å². The lowest BCUT2D eigenvalue weighted by atomic mass is 10.2. The molecule has 0 radical (unpaired) electrons. The summed E-state index contributed by atoms with van der Waals surface area (Å²) in [5.74, 6) is -0.410. The molecule has 0 saturated carbocycles. The predicted octanol–water partition coefficient (Wildman–Crippen LogP) is 1.58. The van der Waals surface area contributed by atoms with Crippen LogP contribution in [-0.2, 0) is 11.3 Å². The summed E-state index contributed by atoms with van der Waals surface area (Å²) in [5.41, 5.74) is 0.985. The number of rotatable bonds is 7. The molecule has 1 aliphatic heterocycles. The lowest BCUT2D eigenvalue weighted by Gasteiger charge is -2.26. The fraction of sp³-hybridized carbons (Fsp3) is 0.412. The number of carbonyl (C=O) groups excluding carboxylic acids is 2. The number of halogens is 1. The molecule has 0 unspecified atom stereocenters. The number of nitrogens with zero attached hydrogens (tertiary/aromatic N) is 3. The predicted molar refractivity (Wildman–Crippen MR) is 107 cm³/mol. The van der Waals surface area contributed by atoms with Crippen LogP contribution in [-0.4, -0.2) is 65.8 Å². The van der Waals surface area contributed by atoms with Crippen LogP contribution in [0.15, 0.2) is 24.3 Å². The van der Waals surface area contributed by atoms with Crippen LogP contribution in [0.4, 0.5) is 9.80 Å². The Labute approximate surface area is 171 Å². The Morgan fingerprint density at radius 1 is 1.18 bits per heavy atom. The van der Waals surface area contributed by atoms with E-state index < -0.39 is 11.9 Å². The van der Waals surface area contributed by atoms with E-state index in [1.807, 2.05) is 12.1 Å². The first-order chi connectivity index (χ1) is 13.6. The van der Waals surface area contributed by atoms with Crippen LogP contribution in [0.1, 0.15) is 16.1 Å². The topological polar surface area (TPSA) is 108 Å². The van der Waals surface area contributed by atoms with Crippen molar-refractivity contribution in [3.63, 3.8) is 0 Å². The lowest BCUT2D eigenvalue weighted by molar-refractivity contribution is 0.0388. The highest BCUT2D eigenvalue weighted by Crippen LogP contribution is 2.17. The number of carbonyl (C=O) groups is 2. The van der Waals surface area contributed by atoms with Gasteiger partial charge in [0.2, 0.25) is 0 Å². The van der Waals surface area contributed by atoms with E-state index in [9.17, 15) is 9.59 Å². The van der Waals surface area contributed by atoms with Crippen LogP contribution in [0.5, 0.6) is 0 Å². The number of hydrogen-bond donors (Lipinski definition) is 3. The molecule has 150 valence electrons. The van der Waals surface area contributed by atoms with Gasteiger partial charge in [-0.05, 0) is 17.7 Å². The van der Waals surface area contributed by atoms with Gasteiger partial charge in [0, 0.05) is 49.3 Å². The van der Waals surface area contributed by atoms with E-state index in [0.29, 0.717) is 36.3 Å². The van der Waals surface area contributed by atoms with Crippen LogP contribution in [0.25, 0.3) is 0 Å². The smallest absolute Gasteiger partial charge is 0.319 e. The molecule has 2 aromatic rings. The Morgan fingerprint density at radius 3 is 2.68 bits per heavy atom. The maximum atomic E-state index is 12.3. The SMILES string of the molecule is O=C(NCCN1CCOCC1)Nc1snnc1C(=O)NCc1ccc(Cl)cc1. The molecule has 3 amide bonds. The Bertz CT molecular complexity index is 794. The summed E-state index contributed by atoms with van der Waals surface area (Å²) in [6.07, 6.45) is 0. The normalized spacial score (nSPS) is 14.5. The average Bonchev–Trinajstić information content (AvgIpc) is 3.16. The fourth-order valence-electron chi connectivity index (χ4n) is 2.59. The number of amides is 3. The van der Waals surface area contributed by atoms with Gasteiger partial charge in [-0.25, -0.2) is 4.79 Å². The van der Waals surface area contributed by atoms with Gasteiger partial charge in [-0.2, -0.15) is 0 Å². The monoisotopic (exact) mass is 424 g/mol. The minimum Gasteiger partial charge on any atom is -0.379 e. The van der Waals surface area contributed by atoms with Crippen LogP contribution < -0.4 is 16.0 Å². The number of anilines is 1. The Balaban J connectivity index is 1.44. The highest BCUT2D eigenvalue weighted by atomic mass is 35.5. The summed E-state index contributed by atoms with van der Waals surface area (Å²) in [5, 5.41) is 12.9. The minimum absolute atomic E-state index is 0.0855. The summed E-state index contributed by atoms with van der Waals surface area (Å²) < 4.78 is 9.05. The van der Waals surface area contributed by atoms with Gasteiger partial charge in [0.15, 0.2) is 10.7 Å². The summed E-state index contributed by atoms with van der Waals surface area (Å²) in [4.78, 5) is 26.6. The summed E-state index contributed by atoms with van der Waals surface area (Å²) in [7, 11) is 0. The number of ether oxygens (including phenoxy) is 1. The van der Waals surface area contributed by atoms with Gasteiger partial charge in [0.25, 0.3) is 5.91 Å². The zero-order valence-electron chi connectivity index (χ0n) is 15.1. The van der Waals surface area contributed by atoms with Crippen LogP contribution in [0, 0.1) is 0 Å². The molecular weight excluding hydrogens is 404 g/mol. The third-order valence-corrected chi connectivity index (χ3v) is 5.01. The molecule has 1 aromatic heterocycles. The first-order valence-electron chi connectivity index (χ1n) is 8.82. The van der Waals surface area contributed by atoms with Crippen molar-refractivity contribution in [1.29, 1.82) is 0 Å². The first-order valence-corrected chi connectivity index (χ1v) is 9.97. The van der Waals surface area contributed by atoms with Gasteiger partial charge >= 0.3 is 6.03 Å². The third-order valence-electron chi connectivity index (χ3n) is 4.11. The Hall–Kier alpha value is -2.27. The van der Waals surface area contributed by atoms with E-state index in [4.69, 9.17) is 16.3 Å². The highest BCUT2D eigenvalue weighted by molar-refractivity contribution is 7.10. The fourth-order valence-corrected chi connectivity index (χ4v) is 3.28. The zero-order valence-corrected chi connectivity index (χ0v) is 16.7. The molecule has 1 saturated heterocycles. The molecule has 2 heterocycles. The van der Waals surface area contributed by atoms with Gasteiger partial charge in [-0.1, -0.05) is 28.2 Å². The highest BCUT2D eigenvalue weighted by Gasteiger charge is 2.18. The van der Waals surface area contributed by atoms with Crippen molar-refractivity contribution in [2.24, 2.45) is 0 Å². The molecule has 11 heteroatoms. The molecule has 9 nitrogen and oxygen atoms in total. The largest absolute Gasteiger partial charge is 0.379 e. The van der Waals surface area contributed by atoms with Crippen LogP contribution in [0.3, 0.4) is 0 Å². The van der Waals surface area contributed by atoms with Crippen molar-refractivity contribution >= 4 is 40.1 Å². The van der Waals surface area contributed by atoms with E-state index in [2.05, 4.69) is 30.4 Å². The van der Waals surface area contributed by atoms with E-state index in [0.717, 1.165) is 36.7 Å². The van der Waals surface area contributed by atoms with Crippen molar-refractivity contribution in [2.45, 2.75) is 6.54 Å². The van der Waals surface area contributed by atoms with Crippen molar-refractivity contribution in [3.05, 3.63) is 40.5 Å². The number of hydrogen-bond acceptors (Lipinski definition) is 7. The number of morpholine rings is 1. The molecule has 28 heavy (non-hydrogen) atoms. The van der Waals surface area contributed by atoms with Crippen LogP contribution in [0.2, 0.25) is 5.02 Å². The van der Waals surface area contributed by atoms with E-state index in [-0.39, 0.29) is 5.69 Å². The van der Waals surface area contributed by atoms with Gasteiger partial charge in [-0.3, -0.25) is 15.0 Å². The molecule has 0 aliphatic carbocycles. The molecule has 3 rings (SSSR count). The molecule has 0 atom stereocenters. The summed E-state index contributed by atoms with van der Waals surface area (Å²) in [6.45, 7) is 4.71. The first kappa shape index (κ1) is 20.5. The van der Waals surface area contributed by atoms with E-state index in [1.54, 1.807) is 12.1 Å². The maximum Gasteiger partial charge on any atom is 0.319 e. The second-order valence-electron chi connectivity index (χ2n) is 6.09. The Morgan fingerprint density at radius 2 is 1.93 bits per heavy atom. The number of aromatic nitrogens is 2. The average molecular weight is 425 g/mol. The molecule has 0 bridgehead atoms. The maximum absolute atomic E-state index is 12.3. The zero-order chi connectivity index (χ0) is 19.8.